The third-order valence-corrected chi connectivity index (χ3v) is 4.03. The van der Waals surface area contributed by atoms with E-state index in [1.54, 1.807) is 6.07 Å². The number of benzene rings is 1. The van der Waals surface area contributed by atoms with Crippen molar-refractivity contribution in [3.05, 3.63) is 46.7 Å². The van der Waals surface area contributed by atoms with Gasteiger partial charge < -0.3 is 15.0 Å². The average Bonchev–Trinajstić information content (AvgIpc) is 2.96. The molecule has 1 aromatic heterocycles. The van der Waals surface area contributed by atoms with Crippen molar-refractivity contribution in [1.82, 2.24) is 9.88 Å². The molecule has 6 nitrogen and oxygen atoms in total. The quantitative estimate of drug-likeness (QED) is 0.831. The zero-order valence-electron chi connectivity index (χ0n) is 13.4. The number of ether oxygens (including phenoxy) is 1. The van der Waals surface area contributed by atoms with Crippen LogP contribution in [0.15, 0.2) is 29.6 Å². The lowest BCUT2D eigenvalue weighted by molar-refractivity contribution is -0.117. The molecule has 0 fully saturated rings. The van der Waals surface area contributed by atoms with Crippen molar-refractivity contribution in [3.63, 3.8) is 0 Å². The van der Waals surface area contributed by atoms with Crippen molar-refractivity contribution in [3.8, 4) is 0 Å². The van der Waals surface area contributed by atoms with Crippen LogP contribution in [-0.4, -0.2) is 48.5 Å². The summed E-state index contributed by atoms with van der Waals surface area (Å²) in [4.78, 5) is 30.0. The largest absolute Gasteiger partial charge is 0.383 e. The molecule has 0 aliphatic rings. The molecule has 2 rings (SSSR count). The summed E-state index contributed by atoms with van der Waals surface area (Å²) in [6.07, 6.45) is 0. The molecule has 0 saturated heterocycles. The molecule has 1 N–H and O–H groups in total. The molecule has 0 unspecified atom stereocenters. The number of carbonyl (C=O) groups is 2. The standard InChI is InChI=1S/C16H18FN3O3S/c1-11-10-24-16(18-11)19-14(21)9-20(7-8-23-2)15(22)12-5-3-4-6-13(12)17/h3-6,10H,7-9H2,1-2H3,(H,18,19,21). The van der Waals surface area contributed by atoms with Gasteiger partial charge in [0.05, 0.1) is 17.9 Å². The van der Waals surface area contributed by atoms with Gasteiger partial charge in [0, 0.05) is 19.0 Å². The number of amides is 2. The summed E-state index contributed by atoms with van der Waals surface area (Å²) in [5.74, 6) is -1.58. The van der Waals surface area contributed by atoms with Gasteiger partial charge in [-0.05, 0) is 19.1 Å². The van der Waals surface area contributed by atoms with Gasteiger partial charge in [-0.3, -0.25) is 9.59 Å². The van der Waals surface area contributed by atoms with E-state index in [-0.39, 0.29) is 25.3 Å². The lowest BCUT2D eigenvalue weighted by Crippen LogP contribution is -2.40. The summed E-state index contributed by atoms with van der Waals surface area (Å²) < 4.78 is 18.8. The molecule has 2 amide bonds. The van der Waals surface area contributed by atoms with E-state index in [1.807, 2.05) is 12.3 Å². The smallest absolute Gasteiger partial charge is 0.257 e. The van der Waals surface area contributed by atoms with Crippen LogP contribution in [0, 0.1) is 12.7 Å². The van der Waals surface area contributed by atoms with Crippen LogP contribution in [0.25, 0.3) is 0 Å². The fourth-order valence-corrected chi connectivity index (χ4v) is 2.71. The van der Waals surface area contributed by atoms with Gasteiger partial charge in [0.1, 0.15) is 12.4 Å². The van der Waals surface area contributed by atoms with Gasteiger partial charge >= 0.3 is 0 Å². The van der Waals surface area contributed by atoms with E-state index in [0.717, 1.165) is 5.69 Å². The number of thiazole rings is 1. The van der Waals surface area contributed by atoms with Crippen molar-refractivity contribution in [1.29, 1.82) is 0 Å². The molecular weight excluding hydrogens is 333 g/mol. The molecule has 1 aromatic carbocycles. The molecule has 2 aromatic rings. The van der Waals surface area contributed by atoms with Gasteiger partial charge in [0.2, 0.25) is 5.91 Å². The van der Waals surface area contributed by atoms with Gasteiger partial charge in [-0.1, -0.05) is 12.1 Å². The highest BCUT2D eigenvalue weighted by atomic mass is 32.1. The van der Waals surface area contributed by atoms with E-state index in [0.29, 0.717) is 5.13 Å². The first kappa shape index (κ1) is 18.0. The predicted octanol–water partition coefficient (Wildman–Crippen LogP) is 2.32. The minimum absolute atomic E-state index is 0.0773. The summed E-state index contributed by atoms with van der Waals surface area (Å²) in [5.41, 5.74) is 0.723. The minimum atomic E-state index is -0.624. The molecule has 0 aliphatic heterocycles. The number of halogens is 1. The predicted molar refractivity (Wildman–Crippen MR) is 89.7 cm³/mol. The lowest BCUT2D eigenvalue weighted by atomic mass is 10.2. The number of methoxy groups -OCH3 is 1. The number of hydrogen-bond acceptors (Lipinski definition) is 5. The average molecular weight is 351 g/mol. The topological polar surface area (TPSA) is 71.5 Å². The van der Waals surface area contributed by atoms with E-state index < -0.39 is 17.6 Å². The Morgan fingerprint density at radius 1 is 1.38 bits per heavy atom. The third-order valence-electron chi connectivity index (χ3n) is 3.16. The van der Waals surface area contributed by atoms with Crippen LogP contribution < -0.4 is 5.32 Å². The zero-order valence-corrected chi connectivity index (χ0v) is 14.2. The van der Waals surface area contributed by atoms with Crippen LogP contribution in [0.2, 0.25) is 0 Å². The van der Waals surface area contributed by atoms with E-state index in [4.69, 9.17) is 4.74 Å². The van der Waals surface area contributed by atoms with Crippen molar-refractivity contribution >= 4 is 28.3 Å². The Kier molecular flexibility index (Phi) is 6.39. The highest BCUT2D eigenvalue weighted by Gasteiger charge is 2.21. The molecule has 0 aliphatic carbocycles. The van der Waals surface area contributed by atoms with Crippen molar-refractivity contribution in [2.24, 2.45) is 0 Å². The van der Waals surface area contributed by atoms with Crippen LogP contribution in [0.3, 0.4) is 0 Å². The maximum Gasteiger partial charge on any atom is 0.257 e. The summed E-state index contributed by atoms with van der Waals surface area (Å²) in [7, 11) is 1.49. The van der Waals surface area contributed by atoms with Crippen LogP contribution in [0.1, 0.15) is 16.1 Å². The lowest BCUT2D eigenvalue weighted by Gasteiger charge is -2.22. The van der Waals surface area contributed by atoms with E-state index in [2.05, 4.69) is 10.3 Å². The number of aromatic nitrogens is 1. The van der Waals surface area contributed by atoms with Crippen molar-refractivity contribution in [2.75, 3.05) is 32.1 Å². The van der Waals surface area contributed by atoms with Crippen LogP contribution >= 0.6 is 11.3 Å². The van der Waals surface area contributed by atoms with Gasteiger partial charge in [0.25, 0.3) is 5.91 Å². The Labute approximate surface area is 143 Å². The maximum absolute atomic E-state index is 13.8. The van der Waals surface area contributed by atoms with E-state index >= 15 is 0 Å². The molecule has 24 heavy (non-hydrogen) atoms. The zero-order chi connectivity index (χ0) is 17.5. The first-order valence-electron chi connectivity index (χ1n) is 7.26. The van der Waals surface area contributed by atoms with Gasteiger partial charge in [-0.25, -0.2) is 9.37 Å². The molecule has 128 valence electrons. The van der Waals surface area contributed by atoms with Gasteiger partial charge in [0.15, 0.2) is 5.13 Å². The van der Waals surface area contributed by atoms with Gasteiger partial charge in [-0.15, -0.1) is 11.3 Å². The van der Waals surface area contributed by atoms with Crippen molar-refractivity contribution < 1.29 is 18.7 Å². The molecule has 0 atom stereocenters. The van der Waals surface area contributed by atoms with Gasteiger partial charge in [-0.2, -0.15) is 0 Å². The normalized spacial score (nSPS) is 10.5. The van der Waals surface area contributed by atoms with E-state index in [1.165, 1.54) is 41.5 Å². The Morgan fingerprint density at radius 2 is 2.12 bits per heavy atom. The Balaban J connectivity index is 2.08. The Hall–Kier alpha value is -2.32. The molecule has 0 bridgehead atoms. The fraction of sp³-hybridized carbons (Fsp3) is 0.312. The minimum Gasteiger partial charge on any atom is -0.383 e. The SMILES string of the molecule is COCCN(CC(=O)Nc1nc(C)cs1)C(=O)c1ccccc1F. The molecule has 0 spiro atoms. The molecule has 0 saturated carbocycles. The summed E-state index contributed by atoms with van der Waals surface area (Å²) in [5, 5.41) is 4.90. The maximum atomic E-state index is 13.8. The second kappa shape index (κ2) is 8.51. The summed E-state index contributed by atoms with van der Waals surface area (Å²) >= 11 is 1.30. The number of nitrogens with one attached hydrogen (secondary N) is 1. The third kappa shape index (κ3) is 4.84. The van der Waals surface area contributed by atoms with Crippen LogP contribution in [0.4, 0.5) is 9.52 Å². The molecule has 0 radical (unpaired) electrons. The fourth-order valence-electron chi connectivity index (χ4n) is 2.00. The highest BCUT2D eigenvalue weighted by Crippen LogP contribution is 2.15. The number of rotatable bonds is 7. The second-order valence-corrected chi connectivity index (χ2v) is 5.90. The van der Waals surface area contributed by atoms with Crippen LogP contribution in [-0.2, 0) is 9.53 Å². The van der Waals surface area contributed by atoms with E-state index in [9.17, 15) is 14.0 Å². The van der Waals surface area contributed by atoms with Crippen LogP contribution in [0.5, 0.6) is 0 Å². The summed E-state index contributed by atoms with van der Waals surface area (Å²) in [6, 6.07) is 5.67. The number of aryl methyl sites for hydroxylation is 1. The summed E-state index contributed by atoms with van der Waals surface area (Å²) in [6.45, 7) is 2.02. The first-order chi connectivity index (χ1) is 11.5. The second-order valence-electron chi connectivity index (χ2n) is 5.04. The number of hydrogen-bond donors (Lipinski definition) is 1. The first-order valence-corrected chi connectivity index (χ1v) is 8.14. The van der Waals surface area contributed by atoms with Crippen molar-refractivity contribution in [2.45, 2.75) is 6.92 Å². The number of nitrogens with zero attached hydrogens (tertiary/aromatic N) is 2. The Morgan fingerprint density at radius 3 is 2.75 bits per heavy atom. The molecule has 8 heteroatoms. The number of anilines is 1. The monoisotopic (exact) mass is 351 g/mol. The number of carbonyl (C=O) groups excluding carboxylic acids is 2. The molecular formula is C16H18FN3O3S. The Bertz CT molecular complexity index is 720. The highest BCUT2D eigenvalue weighted by molar-refractivity contribution is 7.13. The molecule has 1 heterocycles.